The van der Waals surface area contributed by atoms with Crippen LogP contribution in [-0.4, -0.2) is 21.7 Å². The summed E-state index contributed by atoms with van der Waals surface area (Å²) in [6, 6.07) is 37.6. The molecule has 0 aliphatic carbocycles. The fourth-order valence-corrected chi connectivity index (χ4v) is 4.72. The Morgan fingerprint density at radius 3 is 1.57 bits per heavy atom. The zero-order valence-corrected chi connectivity index (χ0v) is 22.5. The maximum absolute atomic E-state index is 4.98. The van der Waals surface area contributed by atoms with Crippen LogP contribution in [0, 0.1) is 0 Å². The van der Waals surface area contributed by atoms with E-state index in [-0.39, 0.29) is 0 Å². The standard InChI is InChI=1S/C36H28N4/c1-24(15-16-25(2)37-3)28-13-8-14-31(21-28)34-38-35(32-19-17-26-9-4-6-11-29(26)22-32)40-36(39-34)33-20-18-27-10-5-7-12-30(27)23-33/h4-23H,3H2,1-2H3/b24-15+,25-16-. The molecule has 0 aliphatic rings. The third-order valence-electron chi connectivity index (χ3n) is 7.05. The lowest BCUT2D eigenvalue weighted by molar-refractivity contribution is 1.07. The summed E-state index contributed by atoms with van der Waals surface area (Å²) >= 11 is 0. The van der Waals surface area contributed by atoms with Crippen LogP contribution in [0.1, 0.15) is 19.4 Å². The molecule has 0 bridgehead atoms. The topological polar surface area (TPSA) is 51.0 Å². The number of hydrogen-bond donors (Lipinski definition) is 0. The molecule has 0 atom stereocenters. The van der Waals surface area contributed by atoms with E-state index in [9.17, 15) is 0 Å². The van der Waals surface area contributed by atoms with Gasteiger partial charge in [-0.05, 0) is 77.5 Å². The number of rotatable bonds is 6. The smallest absolute Gasteiger partial charge is 0.164 e. The minimum Gasteiger partial charge on any atom is -0.269 e. The van der Waals surface area contributed by atoms with Crippen LogP contribution < -0.4 is 0 Å². The van der Waals surface area contributed by atoms with Crippen molar-refractivity contribution in [3.63, 3.8) is 0 Å². The van der Waals surface area contributed by atoms with Crippen molar-refractivity contribution in [1.82, 2.24) is 15.0 Å². The highest BCUT2D eigenvalue weighted by atomic mass is 15.0. The van der Waals surface area contributed by atoms with Gasteiger partial charge in [0.25, 0.3) is 0 Å². The Kier molecular flexibility index (Phi) is 6.82. The van der Waals surface area contributed by atoms with E-state index in [0.717, 1.165) is 44.3 Å². The molecule has 1 aromatic heterocycles. The van der Waals surface area contributed by atoms with Crippen LogP contribution in [-0.2, 0) is 0 Å². The molecule has 0 radical (unpaired) electrons. The van der Waals surface area contributed by atoms with Crippen LogP contribution in [0.5, 0.6) is 0 Å². The van der Waals surface area contributed by atoms with E-state index in [4.69, 9.17) is 15.0 Å². The van der Waals surface area contributed by atoms with Gasteiger partial charge in [0.15, 0.2) is 17.5 Å². The zero-order valence-electron chi connectivity index (χ0n) is 22.5. The minimum atomic E-state index is 0.635. The Morgan fingerprint density at radius 1 is 0.550 bits per heavy atom. The highest BCUT2D eigenvalue weighted by molar-refractivity contribution is 5.88. The van der Waals surface area contributed by atoms with Crippen molar-refractivity contribution in [2.75, 3.05) is 0 Å². The van der Waals surface area contributed by atoms with Gasteiger partial charge in [0.05, 0.1) is 0 Å². The van der Waals surface area contributed by atoms with Gasteiger partial charge < -0.3 is 0 Å². The third-order valence-corrected chi connectivity index (χ3v) is 7.05. The first kappa shape index (κ1) is 25.1. The number of allylic oxidation sites excluding steroid dienone is 4. The van der Waals surface area contributed by atoms with Gasteiger partial charge in [0.2, 0.25) is 0 Å². The van der Waals surface area contributed by atoms with Gasteiger partial charge in [-0.3, -0.25) is 4.99 Å². The van der Waals surface area contributed by atoms with Gasteiger partial charge in [-0.1, -0.05) is 97.1 Å². The number of aliphatic imine (C=N–C) groups is 1. The summed E-state index contributed by atoms with van der Waals surface area (Å²) < 4.78 is 0. The second kappa shape index (κ2) is 10.9. The van der Waals surface area contributed by atoms with E-state index in [2.05, 4.69) is 122 Å². The van der Waals surface area contributed by atoms with Crippen LogP contribution in [0.2, 0.25) is 0 Å². The Labute approximate surface area is 234 Å². The Hall–Kier alpha value is -5.22. The van der Waals surface area contributed by atoms with Gasteiger partial charge in [-0.25, -0.2) is 15.0 Å². The molecule has 40 heavy (non-hydrogen) atoms. The molecule has 4 nitrogen and oxygen atoms in total. The van der Waals surface area contributed by atoms with Crippen molar-refractivity contribution >= 4 is 33.8 Å². The summed E-state index contributed by atoms with van der Waals surface area (Å²) in [7, 11) is 0. The van der Waals surface area contributed by atoms with Crippen LogP contribution in [0.15, 0.2) is 132 Å². The number of fused-ring (bicyclic) bond motifs is 2. The highest BCUT2D eigenvalue weighted by Crippen LogP contribution is 2.29. The molecule has 0 amide bonds. The monoisotopic (exact) mass is 516 g/mol. The molecule has 0 aliphatic heterocycles. The molecular weight excluding hydrogens is 488 g/mol. The number of benzene rings is 5. The maximum atomic E-state index is 4.98. The summed E-state index contributed by atoms with van der Waals surface area (Å²) in [5, 5.41) is 4.66. The second-order valence-electron chi connectivity index (χ2n) is 9.83. The first-order chi connectivity index (χ1) is 19.6. The van der Waals surface area contributed by atoms with E-state index in [1.165, 1.54) is 10.8 Å². The van der Waals surface area contributed by atoms with E-state index >= 15 is 0 Å². The number of hydrogen-bond acceptors (Lipinski definition) is 4. The van der Waals surface area contributed by atoms with Crippen LogP contribution >= 0.6 is 0 Å². The van der Waals surface area contributed by atoms with Crippen LogP contribution in [0.25, 0.3) is 61.3 Å². The van der Waals surface area contributed by atoms with E-state index in [1.54, 1.807) is 0 Å². The van der Waals surface area contributed by atoms with Crippen molar-refractivity contribution < 1.29 is 0 Å². The largest absolute Gasteiger partial charge is 0.269 e. The summed E-state index contributed by atoms with van der Waals surface area (Å²) in [6.07, 6.45) is 4.02. The van der Waals surface area contributed by atoms with Gasteiger partial charge in [0.1, 0.15) is 0 Å². The van der Waals surface area contributed by atoms with Gasteiger partial charge >= 0.3 is 0 Å². The average Bonchev–Trinajstić information content (AvgIpc) is 3.02. The molecule has 0 saturated carbocycles. The highest BCUT2D eigenvalue weighted by Gasteiger charge is 2.14. The fourth-order valence-electron chi connectivity index (χ4n) is 4.72. The van der Waals surface area contributed by atoms with Crippen LogP contribution in [0.3, 0.4) is 0 Å². The molecule has 192 valence electrons. The van der Waals surface area contributed by atoms with Crippen molar-refractivity contribution in [3.05, 3.63) is 133 Å². The molecule has 4 heteroatoms. The molecule has 1 heterocycles. The summed E-state index contributed by atoms with van der Waals surface area (Å²) in [4.78, 5) is 18.9. The second-order valence-corrected chi connectivity index (χ2v) is 9.83. The third kappa shape index (κ3) is 5.20. The van der Waals surface area contributed by atoms with E-state index in [1.807, 2.05) is 25.1 Å². The molecule has 0 unspecified atom stereocenters. The lowest BCUT2D eigenvalue weighted by atomic mass is 10.0. The predicted octanol–water partition coefficient (Wildman–Crippen LogP) is 9.19. The van der Waals surface area contributed by atoms with E-state index < -0.39 is 0 Å². The average molecular weight is 517 g/mol. The molecule has 6 aromatic rings. The Balaban J connectivity index is 1.51. The first-order valence-electron chi connectivity index (χ1n) is 13.2. The molecule has 6 rings (SSSR count). The summed E-state index contributed by atoms with van der Waals surface area (Å²) in [5.41, 5.74) is 5.91. The number of nitrogens with zero attached hydrogens (tertiary/aromatic N) is 4. The lowest BCUT2D eigenvalue weighted by Crippen LogP contribution is -2.00. The quantitative estimate of drug-likeness (QED) is 0.164. The Morgan fingerprint density at radius 2 is 1.05 bits per heavy atom. The maximum Gasteiger partial charge on any atom is 0.164 e. The fraction of sp³-hybridized carbons (Fsp3) is 0.0556. The molecule has 0 fully saturated rings. The van der Waals surface area contributed by atoms with Crippen LogP contribution in [0.4, 0.5) is 0 Å². The predicted molar refractivity (Wildman–Crippen MR) is 168 cm³/mol. The van der Waals surface area contributed by atoms with Crippen molar-refractivity contribution in [3.8, 4) is 34.2 Å². The van der Waals surface area contributed by atoms with Gasteiger partial charge in [0, 0.05) is 22.4 Å². The number of aromatic nitrogens is 3. The van der Waals surface area contributed by atoms with Crippen molar-refractivity contribution in [1.29, 1.82) is 0 Å². The zero-order chi connectivity index (χ0) is 27.5. The first-order valence-corrected chi connectivity index (χ1v) is 13.2. The molecule has 0 saturated heterocycles. The van der Waals surface area contributed by atoms with Gasteiger partial charge in [-0.15, -0.1) is 0 Å². The normalized spacial score (nSPS) is 12.2. The Bertz CT molecular complexity index is 1850. The molecule has 5 aromatic carbocycles. The van der Waals surface area contributed by atoms with E-state index in [0.29, 0.717) is 17.5 Å². The minimum absolute atomic E-state index is 0.635. The van der Waals surface area contributed by atoms with Gasteiger partial charge in [-0.2, -0.15) is 0 Å². The molecule has 0 N–H and O–H groups in total. The SMILES string of the molecule is C=N/C(C)=C\C=C(/C)c1cccc(-c2nc(-c3ccc4ccccc4c3)nc(-c3ccc4ccccc4c3)n2)c1. The van der Waals surface area contributed by atoms with Crippen molar-refractivity contribution in [2.45, 2.75) is 13.8 Å². The van der Waals surface area contributed by atoms with Crippen molar-refractivity contribution in [2.24, 2.45) is 4.99 Å². The summed E-state index contributed by atoms with van der Waals surface area (Å²) in [6.45, 7) is 7.61. The summed E-state index contributed by atoms with van der Waals surface area (Å²) in [5.74, 6) is 1.93. The lowest BCUT2D eigenvalue weighted by Gasteiger charge is -2.11. The molecule has 0 spiro atoms. The molecular formula is C36H28N4.